The lowest BCUT2D eigenvalue weighted by Gasteiger charge is -2.36. The van der Waals surface area contributed by atoms with Crippen LogP contribution in [-0.4, -0.2) is 41.3 Å². The second kappa shape index (κ2) is 7.00. The van der Waals surface area contributed by atoms with Gasteiger partial charge in [-0.2, -0.15) is 0 Å². The molecule has 7 nitrogen and oxygen atoms in total. The summed E-state index contributed by atoms with van der Waals surface area (Å²) < 4.78 is 10.7. The van der Waals surface area contributed by atoms with E-state index >= 15 is 0 Å². The van der Waals surface area contributed by atoms with E-state index in [4.69, 9.17) is 9.26 Å². The predicted molar refractivity (Wildman–Crippen MR) is 88.9 cm³/mol. The van der Waals surface area contributed by atoms with Crippen molar-refractivity contribution in [1.29, 1.82) is 0 Å². The predicted octanol–water partition coefficient (Wildman–Crippen LogP) is 1.92. The van der Waals surface area contributed by atoms with Crippen molar-refractivity contribution in [3.63, 3.8) is 0 Å². The number of nitrogens with zero attached hydrogens (tertiary/aromatic N) is 3. The first-order chi connectivity index (χ1) is 11.5. The third-order valence-corrected chi connectivity index (χ3v) is 3.86. The number of pyridine rings is 1. The monoisotopic (exact) mass is 330 g/mol. The number of carbonyl (C=O) groups is 1. The van der Waals surface area contributed by atoms with Gasteiger partial charge in [-0.15, -0.1) is 0 Å². The van der Waals surface area contributed by atoms with Gasteiger partial charge in [-0.1, -0.05) is 11.2 Å². The van der Waals surface area contributed by atoms with Crippen LogP contribution in [0, 0.1) is 6.92 Å². The van der Waals surface area contributed by atoms with Crippen molar-refractivity contribution in [2.45, 2.75) is 39.5 Å². The fourth-order valence-corrected chi connectivity index (χ4v) is 2.81. The van der Waals surface area contributed by atoms with Gasteiger partial charge in [0.05, 0.1) is 17.9 Å². The van der Waals surface area contributed by atoms with Gasteiger partial charge in [0.2, 0.25) is 5.76 Å². The number of anilines is 1. The summed E-state index contributed by atoms with van der Waals surface area (Å²) in [5, 5.41) is 6.50. The molecule has 1 N–H and O–H groups in total. The quantitative estimate of drug-likeness (QED) is 0.922. The first kappa shape index (κ1) is 16.4. The third kappa shape index (κ3) is 3.91. The molecule has 24 heavy (non-hydrogen) atoms. The molecule has 0 bridgehead atoms. The largest absolute Gasteiger partial charge is 0.372 e. The highest BCUT2D eigenvalue weighted by atomic mass is 16.5. The summed E-state index contributed by atoms with van der Waals surface area (Å²) in [4.78, 5) is 18.7. The maximum atomic E-state index is 11.9. The molecule has 7 heteroatoms. The number of rotatable bonds is 4. The molecule has 0 radical (unpaired) electrons. The van der Waals surface area contributed by atoms with Crippen LogP contribution in [0.3, 0.4) is 0 Å². The average molecular weight is 330 g/mol. The number of morpholine rings is 1. The Bertz CT molecular complexity index is 688. The first-order valence-electron chi connectivity index (χ1n) is 8.08. The molecule has 2 aromatic heterocycles. The molecule has 3 heterocycles. The van der Waals surface area contributed by atoms with E-state index < -0.39 is 0 Å². The molecule has 1 amide bonds. The highest BCUT2D eigenvalue weighted by Crippen LogP contribution is 2.18. The molecule has 1 saturated heterocycles. The average Bonchev–Trinajstić information content (AvgIpc) is 2.99. The molecule has 1 fully saturated rings. The minimum Gasteiger partial charge on any atom is -0.372 e. The molecule has 0 spiro atoms. The van der Waals surface area contributed by atoms with Crippen LogP contribution >= 0.6 is 0 Å². The van der Waals surface area contributed by atoms with E-state index in [1.165, 1.54) is 0 Å². The Balaban J connectivity index is 1.57. The number of nitrogens with one attached hydrogen (secondary N) is 1. The van der Waals surface area contributed by atoms with Crippen molar-refractivity contribution < 1.29 is 14.1 Å². The molecule has 3 rings (SSSR count). The van der Waals surface area contributed by atoms with Crippen molar-refractivity contribution in [2.24, 2.45) is 0 Å². The molecular weight excluding hydrogens is 308 g/mol. The number of amides is 1. The smallest absolute Gasteiger partial charge is 0.290 e. The second-order valence-corrected chi connectivity index (χ2v) is 6.20. The van der Waals surface area contributed by atoms with Gasteiger partial charge in [-0.3, -0.25) is 4.79 Å². The number of hydrogen-bond acceptors (Lipinski definition) is 6. The first-order valence-corrected chi connectivity index (χ1v) is 8.08. The van der Waals surface area contributed by atoms with Gasteiger partial charge in [0.1, 0.15) is 5.82 Å². The van der Waals surface area contributed by atoms with Gasteiger partial charge in [0.25, 0.3) is 5.91 Å². The molecule has 1 aliphatic rings. The molecule has 0 aromatic carbocycles. The molecule has 2 aromatic rings. The fourth-order valence-electron chi connectivity index (χ4n) is 2.81. The standard InChI is InChI=1S/C17H22N4O3/c1-11-6-15(24-20-11)17(22)19-8-14-4-5-16(18-7-14)21-9-12(2)23-13(3)10-21/h4-7,12-13H,8-10H2,1-3H3,(H,19,22)/t12-,13-/m0/s1. The summed E-state index contributed by atoms with van der Waals surface area (Å²) in [5.41, 5.74) is 1.61. The van der Waals surface area contributed by atoms with E-state index in [1.807, 2.05) is 12.1 Å². The summed E-state index contributed by atoms with van der Waals surface area (Å²) in [5.74, 6) is 0.863. The topological polar surface area (TPSA) is 80.5 Å². The number of hydrogen-bond donors (Lipinski definition) is 1. The Morgan fingerprint density at radius 2 is 2.08 bits per heavy atom. The van der Waals surface area contributed by atoms with Gasteiger partial charge < -0.3 is 19.5 Å². The van der Waals surface area contributed by atoms with Gasteiger partial charge in [0, 0.05) is 31.9 Å². The zero-order valence-corrected chi connectivity index (χ0v) is 14.2. The Morgan fingerprint density at radius 3 is 2.67 bits per heavy atom. The zero-order chi connectivity index (χ0) is 17.1. The zero-order valence-electron chi connectivity index (χ0n) is 14.2. The van der Waals surface area contributed by atoms with Crippen LogP contribution in [0.25, 0.3) is 0 Å². The van der Waals surface area contributed by atoms with E-state index in [2.05, 4.69) is 34.2 Å². The van der Waals surface area contributed by atoms with Crippen molar-refractivity contribution >= 4 is 11.7 Å². The maximum absolute atomic E-state index is 11.9. The Morgan fingerprint density at radius 1 is 1.33 bits per heavy atom. The molecule has 128 valence electrons. The molecule has 1 aliphatic heterocycles. The Kier molecular flexibility index (Phi) is 4.80. The van der Waals surface area contributed by atoms with Crippen molar-refractivity contribution in [1.82, 2.24) is 15.5 Å². The van der Waals surface area contributed by atoms with Crippen LogP contribution < -0.4 is 10.2 Å². The van der Waals surface area contributed by atoms with E-state index in [9.17, 15) is 4.79 Å². The lowest BCUT2D eigenvalue weighted by Crippen LogP contribution is -2.45. The van der Waals surface area contributed by atoms with Crippen molar-refractivity contribution in [2.75, 3.05) is 18.0 Å². The van der Waals surface area contributed by atoms with Crippen LogP contribution in [0.1, 0.15) is 35.7 Å². The second-order valence-electron chi connectivity index (χ2n) is 6.20. The van der Waals surface area contributed by atoms with E-state index in [-0.39, 0.29) is 23.9 Å². The fraction of sp³-hybridized carbons (Fsp3) is 0.471. The summed E-state index contributed by atoms with van der Waals surface area (Å²) in [6.45, 7) is 7.96. The minimum absolute atomic E-state index is 0.194. The van der Waals surface area contributed by atoms with E-state index in [0.29, 0.717) is 12.2 Å². The maximum Gasteiger partial charge on any atom is 0.290 e. The van der Waals surface area contributed by atoms with E-state index in [0.717, 1.165) is 24.5 Å². The van der Waals surface area contributed by atoms with Gasteiger partial charge >= 0.3 is 0 Å². The molecular formula is C17H22N4O3. The third-order valence-electron chi connectivity index (χ3n) is 3.86. The van der Waals surface area contributed by atoms with Crippen molar-refractivity contribution in [3.8, 4) is 0 Å². The van der Waals surface area contributed by atoms with Crippen LogP contribution in [-0.2, 0) is 11.3 Å². The lowest BCUT2D eigenvalue weighted by molar-refractivity contribution is -0.00546. The highest BCUT2D eigenvalue weighted by molar-refractivity contribution is 5.91. The SMILES string of the molecule is Cc1cc(C(=O)NCc2ccc(N3C[C@H](C)O[C@@H](C)C3)nc2)on1. The van der Waals surface area contributed by atoms with Gasteiger partial charge in [-0.25, -0.2) is 4.98 Å². The number of aryl methyl sites for hydroxylation is 1. The van der Waals surface area contributed by atoms with Crippen molar-refractivity contribution in [3.05, 3.63) is 41.4 Å². The van der Waals surface area contributed by atoms with Crippen LogP contribution in [0.5, 0.6) is 0 Å². The van der Waals surface area contributed by atoms with E-state index in [1.54, 1.807) is 19.2 Å². The lowest BCUT2D eigenvalue weighted by atomic mass is 10.2. The van der Waals surface area contributed by atoms with Crippen LogP contribution in [0.4, 0.5) is 5.82 Å². The number of ether oxygens (including phenoxy) is 1. The molecule has 0 saturated carbocycles. The summed E-state index contributed by atoms with van der Waals surface area (Å²) >= 11 is 0. The molecule has 0 unspecified atom stereocenters. The number of aromatic nitrogens is 2. The van der Waals surface area contributed by atoms with Crippen LogP contribution in [0.15, 0.2) is 28.9 Å². The number of carbonyl (C=O) groups excluding carboxylic acids is 1. The summed E-state index contributed by atoms with van der Waals surface area (Å²) in [6, 6.07) is 5.56. The molecule has 0 aliphatic carbocycles. The Labute approximate surface area is 141 Å². The molecule has 2 atom stereocenters. The minimum atomic E-state index is -0.282. The van der Waals surface area contributed by atoms with Crippen LogP contribution in [0.2, 0.25) is 0 Å². The summed E-state index contributed by atoms with van der Waals surface area (Å²) in [6.07, 6.45) is 2.17. The van der Waals surface area contributed by atoms with Gasteiger partial charge in [-0.05, 0) is 32.4 Å². The summed E-state index contributed by atoms with van der Waals surface area (Å²) in [7, 11) is 0. The Hall–Kier alpha value is -2.41. The normalized spacial score (nSPS) is 20.9. The van der Waals surface area contributed by atoms with Gasteiger partial charge in [0.15, 0.2) is 0 Å². The highest BCUT2D eigenvalue weighted by Gasteiger charge is 2.23.